The minimum atomic E-state index is -3.56. The molecule has 2 aromatic rings. The maximum absolute atomic E-state index is 12.6. The maximum Gasteiger partial charge on any atom is 0.241 e. The molecule has 0 unspecified atom stereocenters. The standard InChI is InChI=1S/C20H26N2O3S/c1-16(2)14-19(17-10-6-4-7-11-17)21-20(23)15-22(26(3,24)25)18-12-8-5-9-13-18/h4-13,16,19H,14-15H2,1-3H3,(H,21,23)/t19-/m1/s1. The number of nitrogens with zero attached hydrogens (tertiary/aromatic N) is 1. The Morgan fingerprint density at radius 1 is 1.00 bits per heavy atom. The van der Waals surface area contributed by atoms with Gasteiger partial charge >= 0.3 is 0 Å². The fourth-order valence-corrected chi connectivity index (χ4v) is 3.66. The van der Waals surface area contributed by atoms with Crippen LogP contribution < -0.4 is 9.62 Å². The third kappa shape index (κ3) is 5.88. The number of anilines is 1. The van der Waals surface area contributed by atoms with E-state index in [4.69, 9.17) is 0 Å². The number of nitrogens with one attached hydrogen (secondary N) is 1. The molecule has 2 rings (SSSR count). The van der Waals surface area contributed by atoms with E-state index in [0.717, 1.165) is 22.5 Å². The van der Waals surface area contributed by atoms with E-state index in [1.165, 1.54) is 0 Å². The van der Waals surface area contributed by atoms with Crippen molar-refractivity contribution < 1.29 is 13.2 Å². The molecule has 0 saturated heterocycles. The molecule has 26 heavy (non-hydrogen) atoms. The van der Waals surface area contributed by atoms with Crippen LogP contribution in [0, 0.1) is 5.92 Å². The summed E-state index contributed by atoms with van der Waals surface area (Å²) >= 11 is 0. The van der Waals surface area contributed by atoms with E-state index in [9.17, 15) is 13.2 Å². The quantitative estimate of drug-likeness (QED) is 0.770. The Morgan fingerprint density at radius 2 is 1.54 bits per heavy atom. The highest BCUT2D eigenvalue weighted by Gasteiger charge is 2.23. The third-order valence-electron chi connectivity index (χ3n) is 3.98. The SMILES string of the molecule is CC(C)C[C@@H](NC(=O)CN(c1ccccc1)S(C)(=O)=O)c1ccccc1. The molecule has 0 saturated carbocycles. The Balaban J connectivity index is 2.17. The number of hydrogen-bond donors (Lipinski definition) is 1. The van der Waals surface area contributed by atoms with Crippen molar-refractivity contribution in [3.05, 3.63) is 66.2 Å². The normalized spacial score (nSPS) is 12.6. The Morgan fingerprint density at radius 3 is 2.04 bits per heavy atom. The topological polar surface area (TPSA) is 66.5 Å². The first-order valence-electron chi connectivity index (χ1n) is 8.64. The van der Waals surface area contributed by atoms with Gasteiger partial charge in [0.05, 0.1) is 18.0 Å². The summed E-state index contributed by atoms with van der Waals surface area (Å²) in [6.07, 6.45) is 1.88. The van der Waals surface area contributed by atoms with Crippen LogP contribution in [0.15, 0.2) is 60.7 Å². The first-order chi connectivity index (χ1) is 12.3. The van der Waals surface area contributed by atoms with Crippen LogP contribution in [0.5, 0.6) is 0 Å². The summed E-state index contributed by atoms with van der Waals surface area (Å²) in [5.74, 6) is 0.0643. The molecule has 1 N–H and O–H groups in total. The fraction of sp³-hybridized carbons (Fsp3) is 0.350. The summed E-state index contributed by atoms with van der Waals surface area (Å²) in [5, 5.41) is 2.99. The summed E-state index contributed by atoms with van der Waals surface area (Å²) < 4.78 is 25.4. The molecular formula is C20H26N2O3S. The van der Waals surface area contributed by atoms with Crippen molar-refractivity contribution in [1.82, 2.24) is 5.32 Å². The van der Waals surface area contributed by atoms with Crippen LogP contribution in [-0.4, -0.2) is 27.1 Å². The molecule has 0 radical (unpaired) electrons. The summed E-state index contributed by atoms with van der Waals surface area (Å²) in [7, 11) is -3.56. The molecule has 5 nitrogen and oxygen atoms in total. The van der Waals surface area contributed by atoms with Crippen LogP contribution in [0.3, 0.4) is 0 Å². The number of hydrogen-bond acceptors (Lipinski definition) is 3. The number of amides is 1. The minimum absolute atomic E-state index is 0.152. The summed E-state index contributed by atoms with van der Waals surface area (Å²) in [6.45, 7) is 3.94. The monoisotopic (exact) mass is 374 g/mol. The number of rotatable bonds is 8. The van der Waals surface area contributed by atoms with E-state index in [1.807, 2.05) is 30.3 Å². The van der Waals surface area contributed by atoms with E-state index in [2.05, 4.69) is 19.2 Å². The van der Waals surface area contributed by atoms with E-state index in [0.29, 0.717) is 11.6 Å². The average Bonchev–Trinajstić information content (AvgIpc) is 2.59. The first kappa shape index (κ1) is 20.0. The molecule has 0 aliphatic heterocycles. The molecule has 0 spiro atoms. The predicted octanol–water partition coefficient (Wildman–Crippen LogP) is 3.36. The second kappa shape index (κ2) is 8.85. The second-order valence-electron chi connectivity index (χ2n) is 6.77. The van der Waals surface area contributed by atoms with Gasteiger partial charge in [0.2, 0.25) is 15.9 Å². The van der Waals surface area contributed by atoms with Crippen molar-refractivity contribution >= 4 is 21.6 Å². The zero-order valence-corrected chi connectivity index (χ0v) is 16.2. The van der Waals surface area contributed by atoms with Crippen LogP contribution in [0.1, 0.15) is 31.9 Å². The van der Waals surface area contributed by atoms with Crippen molar-refractivity contribution in [2.24, 2.45) is 5.92 Å². The molecule has 2 aromatic carbocycles. The van der Waals surface area contributed by atoms with Gasteiger partial charge in [-0.3, -0.25) is 9.10 Å². The Labute approximate surface area is 156 Å². The lowest BCUT2D eigenvalue weighted by atomic mass is 9.97. The Hall–Kier alpha value is -2.34. The maximum atomic E-state index is 12.6. The molecule has 0 bridgehead atoms. The lowest BCUT2D eigenvalue weighted by Gasteiger charge is -2.25. The lowest BCUT2D eigenvalue weighted by molar-refractivity contribution is -0.120. The molecule has 0 fully saturated rings. The van der Waals surface area contributed by atoms with Crippen LogP contribution in [0.25, 0.3) is 0 Å². The van der Waals surface area contributed by atoms with Crippen molar-refractivity contribution in [3.8, 4) is 0 Å². The van der Waals surface area contributed by atoms with Gasteiger partial charge < -0.3 is 5.32 Å². The van der Waals surface area contributed by atoms with Gasteiger partial charge in [-0.25, -0.2) is 8.42 Å². The van der Waals surface area contributed by atoms with Gasteiger partial charge in [-0.1, -0.05) is 62.4 Å². The molecule has 140 valence electrons. The lowest BCUT2D eigenvalue weighted by Crippen LogP contribution is -2.41. The highest BCUT2D eigenvalue weighted by molar-refractivity contribution is 7.92. The van der Waals surface area contributed by atoms with Crippen molar-refractivity contribution in [2.75, 3.05) is 17.1 Å². The number of sulfonamides is 1. The van der Waals surface area contributed by atoms with Crippen LogP contribution in [-0.2, 0) is 14.8 Å². The molecular weight excluding hydrogens is 348 g/mol. The van der Waals surface area contributed by atoms with Gasteiger partial charge in [-0.15, -0.1) is 0 Å². The molecule has 0 aliphatic rings. The summed E-state index contributed by atoms with van der Waals surface area (Å²) in [5.41, 5.74) is 1.49. The number of carbonyl (C=O) groups excluding carboxylic acids is 1. The van der Waals surface area contributed by atoms with E-state index in [1.54, 1.807) is 30.3 Å². The molecule has 0 aromatic heterocycles. The van der Waals surface area contributed by atoms with Crippen molar-refractivity contribution in [3.63, 3.8) is 0 Å². The molecule has 0 heterocycles. The number of carbonyl (C=O) groups is 1. The second-order valence-corrected chi connectivity index (χ2v) is 8.67. The smallest absolute Gasteiger partial charge is 0.241 e. The van der Waals surface area contributed by atoms with Crippen LogP contribution >= 0.6 is 0 Å². The van der Waals surface area contributed by atoms with Gasteiger partial charge in [0.1, 0.15) is 6.54 Å². The van der Waals surface area contributed by atoms with Gasteiger partial charge in [0, 0.05) is 0 Å². The highest BCUT2D eigenvalue weighted by Crippen LogP contribution is 2.22. The summed E-state index contributed by atoms with van der Waals surface area (Å²) in [4.78, 5) is 12.6. The number of benzene rings is 2. The Kier molecular flexibility index (Phi) is 6.80. The summed E-state index contributed by atoms with van der Waals surface area (Å²) in [6, 6.07) is 18.2. The molecule has 6 heteroatoms. The first-order valence-corrected chi connectivity index (χ1v) is 10.5. The van der Waals surface area contributed by atoms with Gasteiger partial charge in [-0.2, -0.15) is 0 Å². The molecule has 0 aliphatic carbocycles. The average molecular weight is 375 g/mol. The number of para-hydroxylation sites is 1. The van der Waals surface area contributed by atoms with E-state index >= 15 is 0 Å². The predicted molar refractivity (Wildman–Crippen MR) is 105 cm³/mol. The van der Waals surface area contributed by atoms with Crippen molar-refractivity contribution in [1.29, 1.82) is 0 Å². The van der Waals surface area contributed by atoms with Gasteiger partial charge in [0.25, 0.3) is 0 Å². The van der Waals surface area contributed by atoms with Gasteiger partial charge in [-0.05, 0) is 30.0 Å². The largest absolute Gasteiger partial charge is 0.348 e. The van der Waals surface area contributed by atoms with Crippen molar-refractivity contribution in [2.45, 2.75) is 26.3 Å². The third-order valence-corrected chi connectivity index (χ3v) is 5.12. The fourth-order valence-electron chi connectivity index (χ4n) is 2.80. The van der Waals surface area contributed by atoms with Crippen LogP contribution in [0.2, 0.25) is 0 Å². The zero-order valence-electron chi connectivity index (χ0n) is 15.4. The minimum Gasteiger partial charge on any atom is -0.348 e. The molecule has 1 atom stereocenters. The molecule has 1 amide bonds. The van der Waals surface area contributed by atoms with Crippen LogP contribution in [0.4, 0.5) is 5.69 Å². The Bertz CT molecular complexity index is 805. The van der Waals surface area contributed by atoms with E-state index in [-0.39, 0.29) is 18.5 Å². The van der Waals surface area contributed by atoms with E-state index < -0.39 is 10.0 Å². The van der Waals surface area contributed by atoms with Gasteiger partial charge in [0.15, 0.2) is 0 Å². The zero-order chi connectivity index (χ0) is 19.2. The highest BCUT2D eigenvalue weighted by atomic mass is 32.2.